The quantitative estimate of drug-likeness (QED) is 0.499. The maximum absolute atomic E-state index is 6.22. The summed E-state index contributed by atoms with van der Waals surface area (Å²) in [6, 6.07) is 17.7. The van der Waals surface area contributed by atoms with E-state index >= 15 is 0 Å². The standard InChI is InChI=1S/C26H33N3O.2ClH/c1-27-12-11-21-7-8-25(16-23(21)17-27)30-19-20-9-13-29(14-10-20)18-24-15-22-5-3-4-6-26(22)28(24)2;;/h3-8,15-16,20H,9-14,17-19H2,1-2H3;2*1H. The van der Waals surface area contributed by atoms with Crippen LogP contribution in [-0.4, -0.2) is 47.7 Å². The SMILES string of the molecule is CN1CCc2ccc(OCC3CCN(Cc4cc5ccccc5n4C)CC3)cc2C1.Cl.Cl. The number of halogens is 2. The molecule has 1 saturated heterocycles. The molecule has 4 nitrogen and oxygen atoms in total. The van der Waals surface area contributed by atoms with Gasteiger partial charge in [-0.3, -0.25) is 4.90 Å². The first kappa shape index (κ1) is 24.9. The van der Waals surface area contributed by atoms with Gasteiger partial charge < -0.3 is 14.2 Å². The van der Waals surface area contributed by atoms with Gasteiger partial charge in [0.2, 0.25) is 0 Å². The molecule has 32 heavy (non-hydrogen) atoms. The summed E-state index contributed by atoms with van der Waals surface area (Å²) in [6.45, 7) is 6.40. The van der Waals surface area contributed by atoms with Gasteiger partial charge in [0.25, 0.3) is 0 Å². The molecule has 0 saturated carbocycles. The van der Waals surface area contributed by atoms with E-state index in [0.717, 1.165) is 51.5 Å². The molecule has 0 amide bonds. The van der Waals surface area contributed by atoms with Crippen molar-refractivity contribution in [3.8, 4) is 5.75 Å². The van der Waals surface area contributed by atoms with Crippen molar-refractivity contribution in [3.63, 3.8) is 0 Å². The normalized spacial score (nSPS) is 17.4. The van der Waals surface area contributed by atoms with Crippen LogP contribution in [0.5, 0.6) is 5.75 Å². The molecule has 2 aliphatic rings. The van der Waals surface area contributed by atoms with Crippen molar-refractivity contribution in [3.05, 3.63) is 65.4 Å². The Hall–Kier alpha value is -1.72. The fourth-order valence-corrected chi connectivity index (χ4v) is 5.02. The topological polar surface area (TPSA) is 20.6 Å². The summed E-state index contributed by atoms with van der Waals surface area (Å²) in [5, 5.41) is 1.34. The summed E-state index contributed by atoms with van der Waals surface area (Å²) < 4.78 is 8.56. The van der Waals surface area contributed by atoms with Gasteiger partial charge in [0.05, 0.1) is 6.61 Å². The van der Waals surface area contributed by atoms with Crippen molar-refractivity contribution in [2.45, 2.75) is 32.4 Å². The van der Waals surface area contributed by atoms with Crippen LogP contribution in [0.2, 0.25) is 0 Å². The maximum Gasteiger partial charge on any atom is 0.119 e. The summed E-state index contributed by atoms with van der Waals surface area (Å²) >= 11 is 0. The first-order valence-corrected chi connectivity index (χ1v) is 11.3. The lowest BCUT2D eigenvalue weighted by atomic mass is 9.97. The van der Waals surface area contributed by atoms with Crippen molar-refractivity contribution >= 4 is 35.7 Å². The monoisotopic (exact) mass is 475 g/mol. The highest BCUT2D eigenvalue weighted by molar-refractivity contribution is 5.85. The first-order valence-electron chi connectivity index (χ1n) is 11.3. The zero-order valence-electron chi connectivity index (χ0n) is 19.1. The zero-order valence-corrected chi connectivity index (χ0v) is 20.8. The Bertz CT molecular complexity index is 1030. The number of hydrogen-bond acceptors (Lipinski definition) is 3. The summed E-state index contributed by atoms with van der Waals surface area (Å²) in [5.74, 6) is 1.70. The lowest BCUT2D eigenvalue weighted by molar-refractivity contribution is 0.135. The van der Waals surface area contributed by atoms with Gasteiger partial charge in [-0.25, -0.2) is 0 Å². The van der Waals surface area contributed by atoms with Crippen molar-refractivity contribution in [2.75, 3.05) is 33.3 Å². The summed E-state index contributed by atoms with van der Waals surface area (Å²) in [6.07, 6.45) is 3.59. The molecule has 0 radical (unpaired) electrons. The Morgan fingerprint density at radius 3 is 2.47 bits per heavy atom. The van der Waals surface area contributed by atoms with Gasteiger partial charge in [-0.1, -0.05) is 24.3 Å². The molecule has 0 bridgehead atoms. The van der Waals surface area contributed by atoms with E-state index in [1.54, 1.807) is 0 Å². The smallest absolute Gasteiger partial charge is 0.119 e. The lowest BCUT2D eigenvalue weighted by Gasteiger charge is -2.32. The Labute approximate surface area is 204 Å². The van der Waals surface area contributed by atoms with Gasteiger partial charge >= 0.3 is 0 Å². The van der Waals surface area contributed by atoms with E-state index in [2.05, 4.69) is 77.0 Å². The van der Waals surface area contributed by atoms with Gasteiger partial charge in [0, 0.05) is 37.9 Å². The number of likely N-dealkylation sites (N-methyl/N-ethyl adjacent to an activating group) is 1. The average molecular weight is 476 g/mol. The van der Waals surface area contributed by atoms with E-state index in [1.165, 1.54) is 40.6 Å². The van der Waals surface area contributed by atoms with Crippen LogP contribution in [-0.2, 0) is 26.6 Å². The molecular weight excluding hydrogens is 441 g/mol. The molecule has 1 fully saturated rings. The molecule has 0 unspecified atom stereocenters. The van der Waals surface area contributed by atoms with Crippen LogP contribution in [0.3, 0.4) is 0 Å². The minimum absolute atomic E-state index is 0. The van der Waals surface area contributed by atoms with Crippen LogP contribution in [0.15, 0.2) is 48.5 Å². The van der Waals surface area contributed by atoms with Crippen LogP contribution in [0.4, 0.5) is 0 Å². The van der Waals surface area contributed by atoms with Crippen LogP contribution in [0.1, 0.15) is 29.7 Å². The summed E-state index contributed by atoms with van der Waals surface area (Å²) in [7, 11) is 4.39. The Morgan fingerprint density at radius 1 is 0.906 bits per heavy atom. The molecule has 174 valence electrons. The van der Waals surface area contributed by atoms with Crippen LogP contribution >= 0.6 is 24.8 Å². The second-order valence-electron chi connectivity index (χ2n) is 9.20. The maximum atomic E-state index is 6.22. The highest BCUT2D eigenvalue weighted by Crippen LogP contribution is 2.26. The van der Waals surface area contributed by atoms with Gasteiger partial charge in [0.1, 0.15) is 5.75 Å². The highest BCUT2D eigenvalue weighted by Gasteiger charge is 2.21. The third-order valence-electron chi connectivity index (χ3n) is 7.01. The van der Waals surface area contributed by atoms with Crippen LogP contribution in [0.25, 0.3) is 10.9 Å². The van der Waals surface area contributed by atoms with E-state index in [-0.39, 0.29) is 24.8 Å². The predicted octanol–water partition coefficient (Wildman–Crippen LogP) is 5.30. The van der Waals surface area contributed by atoms with E-state index in [1.807, 2.05) is 0 Å². The van der Waals surface area contributed by atoms with E-state index < -0.39 is 0 Å². The number of ether oxygens (including phenoxy) is 1. The van der Waals surface area contributed by atoms with E-state index in [0.29, 0.717) is 5.92 Å². The number of nitrogens with zero attached hydrogens (tertiary/aromatic N) is 3. The van der Waals surface area contributed by atoms with E-state index in [9.17, 15) is 0 Å². The predicted molar refractivity (Wildman–Crippen MR) is 137 cm³/mol. The van der Waals surface area contributed by atoms with Gasteiger partial charge in [-0.05, 0) is 86.1 Å². The van der Waals surface area contributed by atoms with Crippen molar-refractivity contribution in [2.24, 2.45) is 13.0 Å². The molecule has 3 heterocycles. The number of likely N-dealkylation sites (tertiary alicyclic amines) is 1. The number of para-hydroxylation sites is 1. The molecule has 5 rings (SSSR count). The Balaban J connectivity index is 0.00000144. The molecule has 1 aromatic heterocycles. The van der Waals surface area contributed by atoms with Crippen molar-refractivity contribution < 1.29 is 4.74 Å². The zero-order chi connectivity index (χ0) is 20.5. The van der Waals surface area contributed by atoms with Gasteiger partial charge in [-0.2, -0.15) is 0 Å². The van der Waals surface area contributed by atoms with Crippen LogP contribution < -0.4 is 4.74 Å². The number of fused-ring (bicyclic) bond motifs is 2. The molecule has 0 spiro atoms. The molecule has 0 N–H and O–H groups in total. The fraction of sp³-hybridized carbons (Fsp3) is 0.462. The first-order chi connectivity index (χ1) is 14.7. The van der Waals surface area contributed by atoms with E-state index in [4.69, 9.17) is 4.74 Å². The summed E-state index contributed by atoms with van der Waals surface area (Å²) in [5.41, 5.74) is 5.66. The Kier molecular flexibility index (Phi) is 8.51. The fourth-order valence-electron chi connectivity index (χ4n) is 5.02. The molecule has 0 atom stereocenters. The minimum atomic E-state index is 0. The second kappa shape index (κ2) is 10.9. The number of hydrogen-bond donors (Lipinski definition) is 0. The van der Waals surface area contributed by atoms with Crippen LogP contribution in [0, 0.1) is 5.92 Å². The molecule has 0 aliphatic carbocycles. The number of aromatic nitrogens is 1. The average Bonchev–Trinajstić information content (AvgIpc) is 3.08. The largest absolute Gasteiger partial charge is 0.493 e. The molecule has 3 aromatic rings. The highest BCUT2D eigenvalue weighted by atomic mass is 35.5. The third-order valence-corrected chi connectivity index (χ3v) is 7.01. The van der Waals surface area contributed by atoms with Gasteiger partial charge in [-0.15, -0.1) is 24.8 Å². The lowest BCUT2D eigenvalue weighted by Crippen LogP contribution is -2.35. The molecular formula is C26H35Cl2N3O. The number of benzene rings is 2. The Morgan fingerprint density at radius 2 is 1.69 bits per heavy atom. The van der Waals surface area contributed by atoms with Crippen molar-refractivity contribution in [1.29, 1.82) is 0 Å². The van der Waals surface area contributed by atoms with Gasteiger partial charge in [0.15, 0.2) is 0 Å². The third kappa shape index (κ3) is 5.43. The number of rotatable bonds is 5. The molecule has 2 aliphatic heterocycles. The molecule has 6 heteroatoms. The summed E-state index contributed by atoms with van der Waals surface area (Å²) in [4.78, 5) is 4.98. The second-order valence-corrected chi connectivity index (χ2v) is 9.20. The molecule has 2 aromatic carbocycles. The minimum Gasteiger partial charge on any atom is -0.493 e. The van der Waals surface area contributed by atoms with Crippen molar-refractivity contribution in [1.82, 2.24) is 14.4 Å². The number of aryl methyl sites for hydroxylation is 1. The number of piperidine rings is 1.